The Morgan fingerprint density at radius 3 is 2.56 bits per heavy atom. The summed E-state index contributed by atoms with van der Waals surface area (Å²) in [5.41, 5.74) is 6.34. The van der Waals surface area contributed by atoms with Crippen LogP contribution < -0.4 is 15.8 Å². The Bertz CT molecular complexity index is 708. The Hall–Kier alpha value is -1.60. The van der Waals surface area contributed by atoms with Gasteiger partial charge in [-0.25, -0.2) is 0 Å². The lowest BCUT2D eigenvalue weighted by Crippen LogP contribution is -2.49. The van der Waals surface area contributed by atoms with Crippen molar-refractivity contribution in [2.75, 3.05) is 13.7 Å². The quantitative estimate of drug-likeness (QED) is 0.659. The number of hydrogen-bond donors (Lipinski definition) is 3. The highest BCUT2D eigenvalue weighted by Gasteiger charge is 2.30. The van der Waals surface area contributed by atoms with Crippen LogP contribution in [0.15, 0.2) is 53.0 Å². The number of carbonyl (C=O) groups is 1. The molecule has 4 N–H and O–H groups in total. The Balaban J connectivity index is 0.00000312. The number of hydrogen-bond acceptors (Lipinski definition) is 4. The Kier molecular flexibility index (Phi) is 7.89. The van der Waals surface area contributed by atoms with Crippen molar-refractivity contribution in [3.8, 4) is 5.75 Å². The number of rotatable bonds is 6. The molecule has 2 aromatic carbocycles. The fourth-order valence-corrected chi connectivity index (χ4v) is 2.53. The summed E-state index contributed by atoms with van der Waals surface area (Å²) in [7, 11) is 1.56. The van der Waals surface area contributed by atoms with Crippen molar-refractivity contribution in [3.63, 3.8) is 0 Å². The van der Waals surface area contributed by atoms with Crippen molar-refractivity contribution in [2.45, 2.75) is 18.6 Å². The van der Waals surface area contributed by atoms with E-state index in [0.29, 0.717) is 16.9 Å². The fourth-order valence-electron chi connectivity index (χ4n) is 2.27. The summed E-state index contributed by atoms with van der Waals surface area (Å²) >= 11 is 3.35. The van der Waals surface area contributed by atoms with Gasteiger partial charge in [0.2, 0.25) is 5.91 Å². The van der Waals surface area contributed by atoms with Crippen LogP contribution in [-0.2, 0) is 10.3 Å². The van der Waals surface area contributed by atoms with Crippen molar-refractivity contribution < 1.29 is 14.6 Å². The molecule has 0 aliphatic carbocycles. The maximum Gasteiger partial charge on any atom is 0.244 e. The first-order chi connectivity index (χ1) is 11.3. The largest absolute Gasteiger partial charge is 0.497 e. The molecule has 2 atom stereocenters. The summed E-state index contributed by atoms with van der Waals surface area (Å²) < 4.78 is 6.04. The highest BCUT2D eigenvalue weighted by molar-refractivity contribution is 9.10. The van der Waals surface area contributed by atoms with Gasteiger partial charge in [0.25, 0.3) is 0 Å². The molecule has 0 radical (unpaired) electrons. The first-order valence-electron chi connectivity index (χ1n) is 7.50. The Morgan fingerprint density at radius 1 is 1.32 bits per heavy atom. The Morgan fingerprint density at radius 2 is 1.96 bits per heavy atom. The molecule has 0 aliphatic heterocycles. The Labute approximate surface area is 162 Å². The van der Waals surface area contributed by atoms with Crippen LogP contribution in [0.3, 0.4) is 0 Å². The summed E-state index contributed by atoms with van der Waals surface area (Å²) in [6, 6.07) is 14.3. The summed E-state index contributed by atoms with van der Waals surface area (Å²) in [6.45, 7) is 1.71. The second kappa shape index (κ2) is 9.20. The molecule has 0 heterocycles. The molecule has 5 nitrogen and oxygen atoms in total. The summed E-state index contributed by atoms with van der Waals surface area (Å²) in [6.07, 6.45) is -0.843. The van der Waals surface area contributed by atoms with Gasteiger partial charge in [-0.1, -0.05) is 40.2 Å². The van der Waals surface area contributed by atoms with Crippen LogP contribution in [0.4, 0.5) is 0 Å². The van der Waals surface area contributed by atoms with Gasteiger partial charge < -0.3 is 20.9 Å². The zero-order valence-corrected chi connectivity index (χ0v) is 16.4. The molecule has 2 aromatic rings. The molecule has 7 heteroatoms. The maximum absolute atomic E-state index is 12.4. The van der Waals surface area contributed by atoms with Crippen molar-refractivity contribution in [1.29, 1.82) is 0 Å². The number of halogens is 2. The molecule has 136 valence electrons. The molecule has 1 amide bonds. The van der Waals surface area contributed by atoms with Crippen LogP contribution in [-0.4, -0.2) is 24.7 Å². The molecule has 2 unspecified atom stereocenters. The molecule has 0 spiro atoms. The van der Waals surface area contributed by atoms with Crippen molar-refractivity contribution in [2.24, 2.45) is 5.73 Å². The number of nitrogens with one attached hydrogen (secondary N) is 1. The summed E-state index contributed by atoms with van der Waals surface area (Å²) in [5.74, 6) is 0.295. The van der Waals surface area contributed by atoms with Crippen molar-refractivity contribution >= 4 is 34.2 Å². The smallest absolute Gasteiger partial charge is 0.244 e. The molecule has 0 fully saturated rings. The van der Waals surface area contributed by atoms with E-state index >= 15 is 0 Å². The number of amides is 1. The molecular formula is C18H22BrClN2O3. The average Bonchev–Trinajstić information content (AvgIpc) is 2.59. The first-order valence-corrected chi connectivity index (χ1v) is 8.29. The standard InChI is InChI=1S/C18H21BrN2O3.ClH/c1-18(20,13-6-8-14(19)9-7-13)17(23)21-11-16(22)12-4-3-5-15(10-12)24-2;/h3-10,16,22H,11,20H2,1-2H3,(H,21,23);1H. The van der Waals surface area contributed by atoms with Crippen molar-refractivity contribution in [3.05, 3.63) is 64.1 Å². The van der Waals surface area contributed by atoms with Crippen molar-refractivity contribution in [1.82, 2.24) is 5.32 Å². The fraction of sp³-hybridized carbons (Fsp3) is 0.278. The number of aliphatic hydroxyl groups excluding tert-OH is 1. The van der Waals surface area contributed by atoms with E-state index in [1.807, 2.05) is 12.1 Å². The van der Waals surface area contributed by atoms with Gasteiger partial charge in [0.15, 0.2) is 0 Å². The third-order valence-electron chi connectivity index (χ3n) is 3.85. The minimum atomic E-state index is -1.19. The number of ether oxygens (including phenoxy) is 1. The molecule has 0 saturated heterocycles. The van der Waals surface area contributed by atoms with Gasteiger partial charge in [0.1, 0.15) is 11.3 Å². The lowest BCUT2D eigenvalue weighted by molar-refractivity contribution is -0.126. The molecule has 0 aliphatic rings. The zero-order chi connectivity index (χ0) is 17.7. The van der Waals surface area contributed by atoms with Crippen LogP contribution >= 0.6 is 28.3 Å². The van der Waals surface area contributed by atoms with Gasteiger partial charge in [0.05, 0.1) is 13.2 Å². The van der Waals surface area contributed by atoms with Gasteiger partial charge in [-0.3, -0.25) is 4.79 Å². The van der Waals surface area contributed by atoms with E-state index in [1.54, 1.807) is 50.4 Å². The zero-order valence-electron chi connectivity index (χ0n) is 14.0. The third-order valence-corrected chi connectivity index (χ3v) is 4.38. The second-order valence-corrected chi connectivity index (χ2v) is 6.63. The predicted octanol–water partition coefficient (Wildman–Crippen LogP) is 2.90. The van der Waals surface area contributed by atoms with E-state index in [9.17, 15) is 9.90 Å². The predicted molar refractivity (Wildman–Crippen MR) is 104 cm³/mol. The second-order valence-electron chi connectivity index (χ2n) is 5.71. The molecule has 0 saturated carbocycles. The van der Waals surface area contributed by atoms with Crippen LogP contribution in [0.25, 0.3) is 0 Å². The third kappa shape index (κ3) is 5.44. The van der Waals surface area contributed by atoms with E-state index in [2.05, 4.69) is 21.2 Å². The van der Waals surface area contributed by atoms with Crippen LogP contribution in [0.5, 0.6) is 5.75 Å². The number of nitrogens with two attached hydrogens (primary N) is 1. The normalized spacial score (nSPS) is 14.0. The highest BCUT2D eigenvalue weighted by Crippen LogP contribution is 2.22. The molecule has 25 heavy (non-hydrogen) atoms. The lowest BCUT2D eigenvalue weighted by atomic mass is 9.92. The molecule has 2 rings (SSSR count). The van der Waals surface area contributed by atoms with E-state index in [-0.39, 0.29) is 24.9 Å². The minimum Gasteiger partial charge on any atom is -0.497 e. The van der Waals surface area contributed by atoms with Gasteiger partial charge in [0, 0.05) is 11.0 Å². The highest BCUT2D eigenvalue weighted by atomic mass is 79.9. The molecule has 0 aromatic heterocycles. The van der Waals surface area contributed by atoms with E-state index in [0.717, 1.165) is 4.47 Å². The first kappa shape index (κ1) is 21.4. The van der Waals surface area contributed by atoms with E-state index in [1.165, 1.54) is 0 Å². The number of methoxy groups -OCH3 is 1. The monoisotopic (exact) mass is 428 g/mol. The lowest BCUT2D eigenvalue weighted by Gasteiger charge is -2.25. The molecule has 0 bridgehead atoms. The average molecular weight is 430 g/mol. The van der Waals surface area contributed by atoms with Gasteiger partial charge in [-0.05, 0) is 42.3 Å². The van der Waals surface area contributed by atoms with Crippen LogP contribution in [0.2, 0.25) is 0 Å². The topological polar surface area (TPSA) is 84.6 Å². The van der Waals surface area contributed by atoms with Crippen LogP contribution in [0, 0.1) is 0 Å². The number of carbonyl (C=O) groups excluding carboxylic acids is 1. The molecular weight excluding hydrogens is 408 g/mol. The van der Waals surface area contributed by atoms with Gasteiger partial charge >= 0.3 is 0 Å². The summed E-state index contributed by atoms with van der Waals surface area (Å²) in [4.78, 5) is 12.4. The maximum atomic E-state index is 12.4. The van der Waals surface area contributed by atoms with E-state index < -0.39 is 11.6 Å². The van der Waals surface area contributed by atoms with Gasteiger partial charge in [-0.2, -0.15) is 0 Å². The number of aliphatic hydroxyl groups is 1. The summed E-state index contributed by atoms with van der Waals surface area (Å²) in [5, 5.41) is 13.0. The minimum absolute atomic E-state index is 0. The SMILES string of the molecule is COc1cccc(C(O)CNC(=O)C(C)(N)c2ccc(Br)cc2)c1.Cl. The van der Waals surface area contributed by atoms with E-state index in [4.69, 9.17) is 10.5 Å². The van der Waals surface area contributed by atoms with Crippen LogP contribution in [0.1, 0.15) is 24.2 Å². The number of benzene rings is 2. The van der Waals surface area contributed by atoms with Gasteiger partial charge in [-0.15, -0.1) is 12.4 Å².